The van der Waals surface area contributed by atoms with Gasteiger partial charge in [0.1, 0.15) is 0 Å². The van der Waals surface area contributed by atoms with Crippen molar-refractivity contribution in [3.8, 4) is 11.5 Å². The lowest BCUT2D eigenvalue weighted by molar-refractivity contribution is -0.136. The smallest absolute Gasteiger partial charge is 0.338 e. The summed E-state index contributed by atoms with van der Waals surface area (Å²) in [7, 11) is 4.16. The van der Waals surface area contributed by atoms with E-state index in [1.165, 1.54) is 27.4 Å². The summed E-state index contributed by atoms with van der Waals surface area (Å²) in [5.74, 6) is -0.772. The number of pyridine rings is 1. The Bertz CT molecular complexity index is 984. The quantitative estimate of drug-likeness (QED) is 0.422. The standard InChI is InChI=1S/C21H21ClN2O5/c1-12(14-10-16(22)19(28-3)17(11-14)27-2)18(21(26)29-4)15(20(23)25)9-13-5-7-24-8-6-13/h5-11H,1-4H3,(H2,23,25)/b15-9+,18-12+. The van der Waals surface area contributed by atoms with Crippen molar-refractivity contribution in [2.75, 3.05) is 21.3 Å². The number of halogens is 1. The molecule has 0 spiro atoms. The Hall–Kier alpha value is -3.32. The Labute approximate surface area is 173 Å². The summed E-state index contributed by atoms with van der Waals surface area (Å²) in [6.07, 6.45) is 4.63. The zero-order valence-electron chi connectivity index (χ0n) is 16.5. The largest absolute Gasteiger partial charge is 0.493 e. The van der Waals surface area contributed by atoms with Crippen molar-refractivity contribution in [3.05, 3.63) is 64.0 Å². The molecule has 1 aromatic heterocycles. The number of carbonyl (C=O) groups is 2. The lowest BCUT2D eigenvalue weighted by Gasteiger charge is -2.15. The van der Waals surface area contributed by atoms with Crippen LogP contribution in [0.3, 0.4) is 0 Å². The normalized spacial score (nSPS) is 12.1. The van der Waals surface area contributed by atoms with Crippen molar-refractivity contribution in [1.29, 1.82) is 0 Å². The minimum Gasteiger partial charge on any atom is -0.493 e. The number of methoxy groups -OCH3 is 3. The van der Waals surface area contributed by atoms with Gasteiger partial charge in [-0.3, -0.25) is 9.78 Å². The Balaban J connectivity index is 2.77. The Morgan fingerprint density at radius 3 is 2.28 bits per heavy atom. The maximum Gasteiger partial charge on any atom is 0.338 e. The van der Waals surface area contributed by atoms with Crippen molar-refractivity contribution >= 4 is 35.1 Å². The molecule has 0 unspecified atom stereocenters. The molecule has 29 heavy (non-hydrogen) atoms. The zero-order valence-corrected chi connectivity index (χ0v) is 17.2. The molecule has 0 radical (unpaired) electrons. The second kappa shape index (κ2) is 9.75. The van der Waals surface area contributed by atoms with Crippen LogP contribution < -0.4 is 15.2 Å². The summed E-state index contributed by atoms with van der Waals surface area (Å²) in [6.45, 7) is 1.66. The first-order valence-corrected chi connectivity index (χ1v) is 8.84. The van der Waals surface area contributed by atoms with E-state index in [9.17, 15) is 9.59 Å². The number of hydrogen-bond donors (Lipinski definition) is 1. The number of ether oxygens (including phenoxy) is 3. The monoisotopic (exact) mass is 416 g/mol. The highest BCUT2D eigenvalue weighted by atomic mass is 35.5. The molecule has 2 N–H and O–H groups in total. The topological polar surface area (TPSA) is 101 Å². The number of carbonyl (C=O) groups excluding carboxylic acids is 2. The molecule has 1 amide bonds. The van der Waals surface area contributed by atoms with Crippen LogP contribution in [0.5, 0.6) is 11.5 Å². The molecule has 0 saturated heterocycles. The number of esters is 1. The number of amides is 1. The molecule has 0 aliphatic carbocycles. The van der Waals surface area contributed by atoms with Gasteiger partial charge in [-0.1, -0.05) is 11.6 Å². The van der Waals surface area contributed by atoms with Gasteiger partial charge in [0.15, 0.2) is 11.5 Å². The van der Waals surface area contributed by atoms with E-state index >= 15 is 0 Å². The summed E-state index contributed by atoms with van der Waals surface area (Å²) in [5.41, 5.74) is 7.21. The zero-order chi connectivity index (χ0) is 21.6. The van der Waals surface area contributed by atoms with Gasteiger partial charge in [0.25, 0.3) is 0 Å². The van der Waals surface area contributed by atoms with Crippen LogP contribution in [0.2, 0.25) is 5.02 Å². The van der Waals surface area contributed by atoms with Gasteiger partial charge in [-0.15, -0.1) is 0 Å². The number of nitrogens with two attached hydrogens (primary N) is 1. The Morgan fingerprint density at radius 2 is 1.76 bits per heavy atom. The molecule has 0 fully saturated rings. The van der Waals surface area contributed by atoms with Crippen molar-refractivity contribution in [1.82, 2.24) is 4.98 Å². The highest BCUT2D eigenvalue weighted by molar-refractivity contribution is 6.32. The lowest BCUT2D eigenvalue weighted by Crippen LogP contribution is -2.21. The molecular formula is C21H21ClN2O5. The molecule has 2 rings (SSSR count). The molecule has 8 heteroatoms. The van der Waals surface area contributed by atoms with Crippen LogP contribution in [0.25, 0.3) is 11.6 Å². The van der Waals surface area contributed by atoms with Crippen LogP contribution in [0.1, 0.15) is 18.1 Å². The van der Waals surface area contributed by atoms with Crippen LogP contribution in [0.15, 0.2) is 47.8 Å². The van der Waals surface area contributed by atoms with Gasteiger partial charge < -0.3 is 19.9 Å². The number of rotatable bonds is 7. The summed E-state index contributed by atoms with van der Waals surface area (Å²) in [6, 6.07) is 6.61. The number of benzene rings is 1. The molecule has 0 atom stereocenters. The predicted octanol–water partition coefficient (Wildman–Crippen LogP) is 3.27. The number of aromatic nitrogens is 1. The van der Waals surface area contributed by atoms with Crippen LogP contribution in [-0.2, 0) is 14.3 Å². The molecule has 1 heterocycles. The van der Waals surface area contributed by atoms with Crippen molar-refractivity contribution in [2.45, 2.75) is 6.92 Å². The average Bonchev–Trinajstić information content (AvgIpc) is 2.72. The van der Waals surface area contributed by atoms with Gasteiger partial charge in [-0.25, -0.2) is 4.79 Å². The Kier molecular flexibility index (Phi) is 7.39. The Morgan fingerprint density at radius 1 is 1.10 bits per heavy atom. The molecule has 2 aromatic rings. The second-order valence-corrected chi connectivity index (χ2v) is 6.30. The minimum atomic E-state index is -0.784. The molecule has 0 aliphatic rings. The average molecular weight is 417 g/mol. The number of hydrogen-bond acceptors (Lipinski definition) is 6. The molecule has 0 aliphatic heterocycles. The van der Waals surface area contributed by atoms with Crippen molar-refractivity contribution < 1.29 is 23.8 Å². The lowest BCUT2D eigenvalue weighted by atomic mass is 9.93. The molecule has 0 bridgehead atoms. The van der Waals surface area contributed by atoms with E-state index in [1.807, 2.05) is 0 Å². The maximum atomic E-state index is 12.6. The summed E-state index contributed by atoms with van der Waals surface area (Å²) >= 11 is 6.29. The van der Waals surface area contributed by atoms with E-state index in [0.717, 1.165) is 0 Å². The summed E-state index contributed by atoms with van der Waals surface area (Å²) < 4.78 is 15.5. The van der Waals surface area contributed by atoms with Gasteiger partial charge in [-0.05, 0) is 54.0 Å². The van der Waals surface area contributed by atoms with E-state index in [0.29, 0.717) is 28.2 Å². The SMILES string of the molecule is COC(=O)C(/C(=C\c1ccncc1)C(N)=O)=C(\C)c1cc(Cl)c(OC)c(OC)c1. The summed E-state index contributed by atoms with van der Waals surface area (Å²) in [5, 5.41) is 0.282. The third kappa shape index (κ3) is 4.94. The fourth-order valence-corrected chi connectivity index (χ4v) is 3.03. The first kappa shape index (κ1) is 22.0. The third-order valence-electron chi connectivity index (χ3n) is 4.18. The first-order valence-electron chi connectivity index (χ1n) is 8.47. The maximum absolute atomic E-state index is 12.6. The van der Waals surface area contributed by atoms with Gasteiger partial charge in [0, 0.05) is 12.4 Å². The van der Waals surface area contributed by atoms with Gasteiger partial charge in [0.2, 0.25) is 5.91 Å². The van der Waals surface area contributed by atoms with E-state index in [4.69, 9.17) is 31.5 Å². The van der Waals surface area contributed by atoms with Crippen molar-refractivity contribution in [3.63, 3.8) is 0 Å². The highest BCUT2D eigenvalue weighted by Gasteiger charge is 2.24. The number of primary amides is 1. The molecule has 1 aromatic carbocycles. The molecule has 0 saturated carbocycles. The molecule has 152 valence electrons. The first-order chi connectivity index (χ1) is 13.8. The van der Waals surface area contributed by atoms with Crippen molar-refractivity contribution in [2.24, 2.45) is 5.73 Å². The number of allylic oxidation sites excluding steroid dienone is 1. The fourth-order valence-electron chi connectivity index (χ4n) is 2.74. The van der Waals surface area contributed by atoms with Crippen LogP contribution in [0, 0.1) is 0 Å². The number of nitrogens with zero attached hydrogens (tertiary/aromatic N) is 1. The predicted molar refractivity (Wildman–Crippen MR) is 111 cm³/mol. The van der Waals surface area contributed by atoms with E-state index < -0.39 is 11.9 Å². The highest BCUT2D eigenvalue weighted by Crippen LogP contribution is 2.39. The van der Waals surface area contributed by atoms with Crippen LogP contribution >= 0.6 is 11.6 Å². The third-order valence-corrected chi connectivity index (χ3v) is 4.46. The molecular weight excluding hydrogens is 396 g/mol. The van der Waals surface area contributed by atoms with Crippen LogP contribution in [0.4, 0.5) is 0 Å². The minimum absolute atomic E-state index is 0.00791. The van der Waals surface area contributed by atoms with Gasteiger partial charge in [-0.2, -0.15) is 0 Å². The molecule has 7 nitrogen and oxygen atoms in total. The van der Waals surface area contributed by atoms with Gasteiger partial charge >= 0.3 is 5.97 Å². The van der Waals surface area contributed by atoms with E-state index in [-0.39, 0.29) is 16.2 Å². The fraction of sp³-hybridized carbons (Fsp3) is 0.190. The van der Waals surface area contributed by atoms with E-state index in [2.05, 4.69) is 4.98 Å². The van der Waals surface area contributed by atoms with Crippen LogP contribution in [-0.4, -0.2) is 38.2 Å². The second-order valence-electron chi connectivity index (χ2n) is 5.89. The van der Waals surface area contributed by atoms with E-state index in [1.54, 1.807) is 43.6 Å². The summed E-state index contributed by atoms with van der Waals surface area (Å²) in [4.78, 5) is 28.7. The van der Waals surface area contributed by atoms with Gasteiger partial charge in [0.05, 0.1) is 37.5 Å².